The molecule has 0 aliphatic carbocycles. The molecule has 2 aromatic heterocycles. The predicted molar refractivity (Wildman–Crippen MR) is 116 cm³/mol. The third-order valence-corrected chi connectivity index (χ3v) is 6.47. The van der Waals surface area contributed by atoms with Crippen LogP contribution in [0, 0.1) is 6.92 Å². The van der Waals surface area contributed by atoms with Crippen LogP contribution in [-0.2, 0) is 24.0 Å². The van der Waals surface area contributed by atoms with Gasteiger partial charge in [0, 0.05) is 29.9 Å². The van der Waals surface area contributed by atoms with Crippen molar-refractivity contribution in [2.24, 2.45) is 7.05 Å². The molecular weight excluding hydrogens is 388 g/mol. The molecule has 28 heavy (non-hydrogen) atoms. The van der Waals surface area contributed by atoms with E-state index in [1.54, 1.807) is 11.8 Å². The molecule has 0 fully saturated rings. The van der Waals surface area contributed by atoms with Gasteiger partial charge in [0.15, 0.2) is 4.34 Å². The topological polar surface area (TPSA) is 59.8 Å². The second kappa shape index (κ2) is 8.16. The van der Waals surface area contributed by atoms with Crippen LogP contribution in [0.5, 0.6) is 0 Å². The van der Waals surface area contributed by atoms with E-state index in [-0.39, 0.29) is 5.91 Å². The number of aromatic nitrogens is 3. The highest BCUT2D eigenvalue weighted by Crippen LogP contribution is 2.29. The van der Waals surface area contributed by atoms with E-state index in [9.17, 15) is 4.79 Å². The van der Waals surface area contributed by atoms with Gasteiger partial charge in [0.1, 0.15) is 0 Å². The Morgan fingerprint density at radius 1 is 1.18 bits per heavy atom. The van der Waals surface area contributed by atoms with Crippen molar-refractivity contribution in [3.63, 3.8) is 0 Å². The first kappa shape index (κ1) is 18.7. The van der Waals surface area contributed by atoms with Gasteiger partial charge in [0.25, 0.3) is 0 Å². The minimum absolute atomic E-state index is 0.0808. The van der Waals surface area contributed by atoms with E-state index < -0.39 is 0 Å². The molecule has 142 valence electrons. The van der Waals surface area contributed by atoms with Crippen LogP contribution in [0.15, 0.2) is 59.1 Å². The van der Waals surface area contributed by atoms with Gasteiger partial charge in [0.05, 0.1) is 6.42 Å². The zero-order chi connectivity index (χ0) is 19.5. The van der Waals surface area contributed by atoms with Crippen molar-refractivity contribution < 1.29 is 4.79 Å². The molecular formula is C21H20N4OS2. The number of carbonyl (C=O) groups is 1. The highest BCUT2D eigenvalue weighted by Gasteiger charge is 2.13. The summed E-state index contributed by atoms with van der Waals surface area (Å²) in [5, 5.41) is 12.8. The summed E-state index contributed by atoms with van der Waals surface area (Å²) in [7, 11) is 1.99. The third kappa shape index (κ3) is 4.26. The predicted octanol–water partition coefficient (Wildman–Crippen LogP) is 4.81. The molecule has 0 aliphatic rings. The van der Waals surface area contributed by atoms with Gasteiger partial charge in [-0.3, -0.25) is 4.79 Å². The molecule has 5 nitrogen and oxygen atoms in total. The van der Waals surface area contributed by atoms with Crippen LogP contribution in [0.1, 0.15) is 16.7 Å². The number of fused-ring (bicyclic) bond motifs is 1. The van der Waals surface area contributed by atoms with Crippen LogP contribution < -0.4 is 5.32 Å². The van der Waals surface area contributed by atoms with Crippen LogP contribution in [-0.4, -0.2) is 20.7 Å². The van der Waals surface area contributed by atoms with Gasteiger partial charge >= 0.3 is 0 Å². The standard InChI is InChI=1S/C21H20N4OS2/c1-14-6-5-7-15(10-14)13-27-21-24-23-20(28-21)22-19(26)11-16-12-25(2)18-9-4-3-8-17(16)18/h3-10,12H,11,13H2,1-2H3,(H,22,23,26). The lowest BCUT2D eigenvalue weighted by molar-refractivity contribution is -0.115. The summed E-state index contributed by atoms with van der Waals surface area (Å²) in [6.45, 7) is 2.09. The molecule has 2 heterocycles. The highest BCUT2D eigenvalue weighted by atomic mass is 32.2. The van der Waals surface area contributed by atoms with Gasteiger partial charge in [-0.05, 0) is 24.1 Å². The first-order valence-electron chi connectivity index (χ1n) is 8.93. The lowest BCUT2D eigenvalue weighted by Gasteiger charge is -2.00. The lowest BCUT2D eigenvalue weighted by Crippen LogP contribution is -2.14. The van der Waals surface area contributed by atoms with Crippen LogP contribution >= 0.6 is 23.1 Å². The second-order valence-corrected chi connectivity index (χ2v) is 8.86. The molecule has 1 amide bonds. The first-order chi connectivity index (χ1) is 13.6. The number of amides is 1. The fourth-order valence-electron chi connectivity index (χ4n) is 3.17. The monoisotopic (exact) mass is 408 g/mol. The SMILES string of the molecule is Cc1cccc(CSc2nnc(NC(=O)Cc3cn(C)c4ccccc34)s2)c1. The molecule has 0 aliphatic heterocycles. The lowest BCUT2D eigenvalue weighted by atomic mass is 10.1. The summed E-state index contributed by atoms with van der Waals surface area (Å²) in [5.74, 6) is 0.753. The van der Waals surface area contributed by atoms with Crippen molar-refractivity contribution in [2.75, 3.05) is 5.32 Å². The van der Waals surface area contributed by atoms with Gasteiger partial charge in [0.2, 0.25) is 11.0 Å². The van der Waals surface area contributed by atoms with Crippen molar-refractivity contribution in [3.8, 4) is 0 Å². The Hall–Kier alpha value is -2.64. The molecule has 0 saturated carbocycles. The summed E-state index contributed by atoms with van der Waals surface area (Å²) >= 11 is 3.04. The van der Waals surface area contributed by atoms with E-state index in [4.69, 9.17) is 0 Å². The average molecular weight is 409 g/mol. The van der Waals surface area contributed by atoms with Crippen LogP contribution in [0.2, 0.25) is 0 Å². The van der Waals surface area contributed by atoms with E-state index in [1.807, 2.05) is 36.0 Å². The van der Waals surface area contributed by atoms with Crippen LogP contribution in [0.25, 0.3) is 10.9 Å². The number of hydrogen-bond acceptors (Lipinski definition) is 5. The minimum Gasteiger partial charge on any atom is -0.350 e. The Morgan fingerprint density at radius 3 is 2.89 bits per heavy atom. The maximum absolute atomic E-state index is 12.5. The molecule has 0 bridgehead atoms. The Morgan fingerprint density at radius 2 is 2.04 bits per heavy atom. The Bertz CT molecular complexity index is 1130. The van der Waals surface area contributed by atoms with Crippen molar-refractivity contribution in [3.05, 3.63) is 71.4 Å². The van der Waals surface area contributed by atoms with Crippen LogP contribution in [0.3, 0.4) is 0 Å². The number of carbonyl (C=O) groups excluding carboxylic acids is 1. The maximum Gasteiger partial charge on any atom is 0.230 e. The molecule has 4 aromatic rings. The molecule has 0 saturated heterocycles. The average Bonchev–Trinajstić information content (AvgIpc) is 3.25. The summed E-state index contributed by atoms with van der Waals surface area (Å²) in [5.41, 5.74) is 4.63. The number of nitrogens with one attached hydrogen (secondary N) is 1. The highest BCUT2D eigenvalue weighted by molar-refractivity contribution is 8.00. The summed E-state index contributed by atoms with van der Waals surface area (Å²) in [6, 6.07) is 16.5. The number of para-hydroxylation sites is 1. The van der Waals surface area contributed by atoms with Gasteiger partial charge in [-0.1, -0.05) is 71.1 Å². The molecule has 0 radical (unpaired) electrons. The Kier molecular flexibility index (Phi) is 5.45. The Labute approximate surface area is 171 Å². The number of thioether (sulfide) groups is 1. The van der Waals surface area contributed by atoms with Gasteiger partial charge < -0.3 is 9.88 Å². The van der Waals surface area contributed by atoms with E-state index in [0.29, 0.717) is 11.6 Å². The number of anilines is 1. The smallest absolute Gasteiger partial charge is 0.230 e. The van der Waals surface area contributed by atoms with Crippen LogP contribution in [0.4, 0.5) is 5.13 Å². The second-order valence-electron chi connectivity index (χ2n) is 6.66. The number of rotatable bonds is 6. The first-order valence-corrected chi connectivity index (χ1v) is 10.7. The number of benzene rings is 2. The number of hydrogen-bond donors (Lipinski definition) is 1. The summed E-state index contributed by atoms with van der Waals surface area (Å²) < 4.78 is 2.89. The summed E-state index contributed by atoms with van der Waals surface area (Å²) in [6.07, 6.45) is 2.32. The number of aryl methyl sites for hydroxylation is 2. The fourth-order valence-corrected chi connectivity index (χ4v) is 4.88. The Balaban J connectivity index is 1.37. The quantitative estimate of drug-likeness (QED) is 0.367. The van der Waals surface area contributed by atoms with Crippen molar-refractivity contribution in [1.82, 2.24) is 14.8 Å². The molecule has 1 N–H and O–H groups in total. The zero-order valence-corrected chi connectivity index (χ0v) is 17.3. The number of nitrogens with zero attached hydrogens (tertiary/aromatic N) is 3. The van der Waals surface area contributed by atoms with E-state index >= 15 is 0 Å². The summed E-state index contributed by atoms with van der Waals surface area (Å²) in [4.78, 5) is 12.5. The third-order valence-electron chi connectivity index (χ3n) is 4.43. The van der Waals surface area contributed by atoms with E-state index in [0.717, 1.165) is 26.6 Å². The van der Waals surface area contributed by atoms with Gasteiger partial charge in [-0.25, -0.2) is 0 Å². The van der Waals surface area contributed by atoms with Crippen molar-refractivity contribution in [1.29, 1.82) is 0 Å². The van der Waals surface area contributed by atoms with Gasteiger partial charge in [-0.15, -0.1) is 10.2 Å². The maximum atomic E-state index is 12.5. The van der Waals surface area contributed by atoms with Gasteiger partial charge in [-0.2, -0.15) is 0 Å². The molecule has 0 spiro atoms. The van der Waals surface area contributed by atoms with Crippen molar-refractivity contribution >= 4 is 45.0 Å². The normalized spacial score (nSPS) is 11.1. The molecule has 7 heteroatoms. The molecule has 4 rings (SSSR count). The van der Waals surface area contributed by atoms with E-state index in [1.165, 1.54) is 22.5 Å². The molecule has 0 atom stereocenters. The molecule has 0 unspecified atom stereocenters. The minimum atomic E-state index is -0.0808. The largest absolute Gasteiger partial charge is 0.350 e. The van der Waals surface area contributed by atoms with Crippen molar-refractivity contribution in [2.45, 2.75) is 23.4 Å². The zero-order valence-electron chi connectivity index (χ0n) is 15.7. The fraction of sp³-hybridized carbons (Fsp3) is 0.190. The van der Waals surface area contributed by atoms with E-state index in [2.05, 4.69) is 52.8 Å². The molecule has 2 aromatic carbocycles.